The van der Waals surface area contributed by atoms with Crippen molar-refractivity contribution in [1.82, 2.24) is 0 Å². The minimum absolute atomic E-state index is 0.793. The van der Waals surface area contributed by atoms with Crippen molar-refractivity contribution in [1.29, 1.82) is 0 Å². The Bertz CT molecular complexity index is 564. The van der Waals surface area contributed by atoms with Gasteiger partial charge >= 0.3 is 0 Å². The minimum Gasteiger partial charge on any atom is -0.378 e. The molecule has 0 saturated carbocycles. The van der Waals surface area contributed by atoms with Gasteiger partial charge in [-0.3, -0.25) is 0 Å². The average molecular weight is 274 g/mol. The Labute approximate surface area is 118 Å². The monoisotopic (exact) mass is 273 g/mol. The largest absolute Gasteiger partial charge is 0.378 e. The van der Waals surface area contributed by atoms with E-state index in [2.05, 4.69) is 35.2 Å². The molecular formula is C16H16ClNO. The van der Waals surface area contributed by atoms with Crippen LogP contribution in [-0.4, -0.2) is 26.3 Å². The maximum absolute atomic E-state index is 6.26. The number of anilines is 1. The van der Waals surface area contributed by atoms with Gasteiger partial charge in [0.15, 0.2) is 0 Å². The van der Waals surface area contributed by atoms with Gasteiger partial charge in [-0.25, -0.2) is 0 Å². The third-order valence-corrected chi connectivity index (χ3v) is 3.74. The van der Waals surface area contributed by atoms with Crippen LogP contribution in [0.25, 0.3) is 11.1 Å². The zero-order valence-electron chi connectivity index (χ0n) is 10.7. The second-order valence-corrected chi connectivity index (χ2v) is 5.04. The molecule has 1 heterocycles. The lowest BCUT2D eigenvalue weighted by Gasteiger charge is -2.29. The van der Waals surface area contributed by atoms with Gasteiger partial charge in [0.05, 0.1) is 13.2 Å². The first kappa shape index (κ1) is 12.5. The molecule has 1 aliphatic rings. The van der Waals surface area contributed by atoms with E-state index >= 15 is 0 Å². The van der Waals surface area contributed by atoms with Crippen LogP contribution in [0.15, 0.2) is 48.5 Å². The smallest absolute Gasteiger partial charge is 0.0642 e. The van der Waals surface area contributed by atoms with Gasteiger partial charge in [0.2, 0.25) is 0 Å². The van der Waals surface area contributed by atoms with Crippen molar-refractivity contribution in [2.75, 3.05) is 31.2 Å². The van der Waals surface area contributed by atoms with Crippen LogP contribution in [-0.2, 0) is 4.74 Å². The second-order valence-electron chi connectivity index (χ2n) is 4.63. The molecule has 0 bridgehead atoms. The van der Waals surface area contributed by atoms with Gasteiger partial charge in [-0.2, -0.15) is 0 Å². The summed E-state index contributed by atoms with van der Waals surface area (Å²) in [4.78, 5) is 2.35. The molecule has 1 saturated heterocycles. The summed E-state index contributed by atoms with van der Waals surface area (Å²) < 4.78 is 5.39. The predicted molar refractivity (Wildman–Crippen MR) is 79.9 cm³/mol. The Hall–Kier alpha value is -1.51. The number of rotatable bonds is 2. The Morgan fingerprint density at radius 2 is 1.74 bits per heavy atom. The van der Waals surface area contributed by atoms with Gasteiger partial charge in [-0.1, -0.05) is 41.9 Å². The summed E-state index contributed by atoms with van der Waals surface area (Å²) in [6.07, 6.45) is 0. The summed E-state index contributed by atoms with van der Waals surface area (Å²) in [5, 5.41) is 0.793. The van der Waals surface area contributed by atoms with Crippen LogP contribution < -0.4 is 4.90 Å². The summed E-state index contributed by atoms with van der Waals surface area (Å²) in [5.74, 6) is 0. The molecule has 0 amide bonds. The molecule has 1 aliphatic heterocycles. The molecule has 0 unspecified atom stereocenters. The van der Waals surface area contributed by atoms with Crippen molar-refractivity contribution >= 4 is 17.3 Å². The molecule has 98 valence electrons. The number of benzene rings is 2. The number of ether oxygens (including phenoxy) is 1. The lowest BCUT2D eigenvalue weighted by atomic mass is 10.0. The van der Waals surface area contributed by atoms with E-state index in [1.54, 1.807) is 0 Å². The Kier molecular flexibility index (Phi) is 3.72. The predicted octanol–water partition coefficient (Wildman–Crippen LogP) is 3.84. The third kappa shape index (κ3) is 2.75. The molecule has 19 heavy (non-hydrogen) atoms. The van der Waals surface area contributed by atoms with E-state index in [0.717, 1.165) is 42.5 Å². The van der Waals surface area contributed by atoms with E-state index in [9.17, 15) is 0 Å². The van der Waals surface area contributed by atoms with E-state index in [4.69, 9.17) is 16.3 Å². The molecule has 0 atom stereocenters. The zero-order chi connectivity index (χ0) is 13.1. The highest BCUT2D eigenvalue weighted by Gasteiger charge is 2.12. The Balaban J connectivity index is 1.93. The maximum atomic E-state index is 6.26. The highest BCUT2D eigenvalue weighted by Crippen LogP contribution is 2.30. The second kappa shape index (κ2) is 5.64. The summed E-state index contributed by atoms with van der Waals surface area (Å²) >= 11 is 6.26. The fourth-order valence-corrected chi connectivity index (χ4v) is 2.63. The van der Waals surface area contributed by atoms with Crippen LogP contribution in [0.2, 0.25) is 5.02 Å². The standard InChI is InChI=1S/C16H16ClNO/c17-16-7-2-1-6-15(16)13-4-3-5-14(12-13)18-8-10-19-11-9-18/h1-7,12H,8-11H2. The number of halogens is 1. The number of morpholine rings is 1. The summed E-state index contributed by atoms with van der Waals surface area (Å²) in [5.41, 5.74) is 3.48. The summed E-state index contributed by atoms with van der Waals surface area (Å²) in [7, 11) is 0. The molecule has 1 fully saturated rings. The van der Waals surface area contributed by atoms with Crippen molar-refractivity contribution in [3.8, 4) is 11.1 Å². The van der Waals surface area contributed by atoms with Gasteiger partial charge in [0.25, 0.3) is 0 Å². The van der Waals surface area contributed by atoms with Crippen molar-refractivity contribution in [3.63, 3.8) is 0 Å². The van der Waals surface area contributed by atoms with Crippen LogP contribution in [0.4, 0.5) is 5.69 Å². The highest BCUT2D eigenvalue weighted by atomic mass is 35.5. The summed E-state index contributed by atoms with van der Waals surface area (Å²) in [6.45, 7) is 3.50. The molecular weight excluding hydrogens is 258 g/mol. The van der Waals surface area contributed by atoms with E-state index in [1.165, 1.54) is 5.69 Å². The topological polar surface area (TPSA) is 12.5 Å². The van der Waals surface area contributed by atoms with Crippen LogP contribution in [0.3, 0.4) is 0 Å². The molecule has 0 radical (unpaired) electrons. The third-order valence-electron chi connectivity index (χ3n) is 3.41. The average Bonchev–Trinajstić information content (AvgIpc) is 2.49. The van der Waals surface area contributed by atoms with Crippen LogP contribution in [0.5, 0.6) is 0 Å². The van der Waals surface area contributed by atoms with Gasteiger partial charge in [-0.15, -0.1) is 0 Å². The molecule has 2 aromatic carbocycles. The minimum atomic E-state index is 0.793. The number of nitrogens with zero attached hydrogens (tertiary/aromatic N) is 1. The number of hydrogen-bond donors (Lipinski definition) is 0. The molecule has 0 N–H and O–H groups in total. The SMILES string of the molecule is Clc1ccccc1-c1cccc(N2CCOCC2)c1. The molecule has 0 aromatic heterocycles. The normalized spacial score (nSPS) is 15.5. The number of hydrogen-bond acceptors (Lipinski definition) is 2. The molecule has 0 aliphatic carbocycles. The molecule has 3 rings (SSSR count). The first-order valence-electron chi connectivity index (χ1n) is 6.52. The Morgan fingerprint density at radius 3 is 2.53 bits per heavy atom. The quantitative estimate of drug-likeness (QED) is 0.824. The zero-order valence-corrected chi connectivity index (χ0v) is 11.4. The lowest BCUT2D eigenvalue weighted by molar-refractivity contribution is 0.122. The van der Waals surface area contributed by atoms with E-state index < -0.39 is 0 Å². The van der Waals surface area contributed by atoms with Crippen LogP contribution in [0, 0.1) is 0 Å². The maximum Gasteiger partial charge on any atom is 0.0642 e. The van der Waals surface area contributed by atoms with E-state index in [-0.39, 0.29) is 0 Å². The van der Waals surface area contributed by atoms with Crippen molar-refractivity contribution in [2.45, 2.75) is 0 Å². The van der Waals surface area contributed by atoms with Gasteiger partial charge in [0, 0.05) is 29.4 Å². The molecule has 3 heteroatoms. The van der Waals surface area contributed by atoms with Crippen molar-refractivity contribution < 1.29 is 4.74 Å². The van der Waals surface area contributed by atoms with Crippen molar-refractivity contribution in [3.05, 3.63) is 53.6 Å². The Morgan fingerprint density at radius 1 is 0.947 bits per heavy atom. The van der Waals surface area contributed by atoms with Crippen LogP contribution in [0.1, 0.15) is 0 Å². The fourth-order valence-electron chi connectivity index (χ4n) is 2.39. The lowest BCUT2D eigenvalue weighted by Crippen LogP contribution is -2.36. The van der Waals surface area contributed by atoms with E-state index in [0.29, 0.717) is 0 Å². The van der Waals surface area contributed by atoms with E-state index in [1.807, 2.05) is 18.2 Å². The first-order valence-corrected chi connectivity index (χ1v) is 6.90. The highest BCUT2D eigenvalue weighted by molar-refractivity contribution is 6.33. The molecule has 2 aromatic rings. The van der Waals surface area contributed by atoms with Crippen LogP contribution >= 0.6 is 11.6 Å². The molecule has 0 spiro atoms. The molecule has 2 nitrogen and oxygen atoms in total. The van der Waals surface area contributed by atoms with Gasteiger partial charge in [0.1, 0.15) is 0 Å². The first-order chi connectivity index (χ1) is 9.34. The summed E-state index contributed by atoms with van der Waals surface area (Å²) in [6, 6.07) is 16.5. The van der Waals surface area contributed by atoms with Crippen molar-refractivity contribution in [2.24, 2.45) is 0 Å². The van der Waals surface area contributed by atoms with Gasteiger partial charge < -0.3 is 9.64 Å². The van der Waals surface area contributed by atoms with Gasteiger partial charge in [-0.05, 0) is 23.8 Å². The fraction of sp³-hybridized carbons (Fsp3) is 0.250.